The molecule has 0 radical (unpaired) electrons. The second kappa shape index (κ2) is 4.61. The number of nitrogens with two attached hydrogens (primary N) is 1. The zero-order valence-corrected chi connectivity index (χ0v) is 10.6. The van der Waals surface area contributed by atoms with Crippen LogP contribution in [0.1, 0.15) is 11.4 Å². The van der Waals surface area contributed by atoms with Crippen molar-refractivity contribution in [1.29, 1.82) is 0 Å². The second-order valence-corrected chi connectivity index (χ2v) is 4.32. The van der Waals surface area contributed by atoms with Crippen LogP contribution in [0.5, 0.6) is 5.75 Å². The van der Waals surface area contributed by atoms with Gasteiger partial charge in [0.15, 0.2) is 11.5 Å². The number of rotatable bonds is 3. The molecular weight excluding hydrogens is 240 g/mol. The lowest BCUT2D eigenvalue weighted by Gasteiger charge is -2.00. The molecule has 5 heteroatoms. The van der Waals surface area contributed by atoms with E-state index in [1.807, 2.05) is 36.4 Å². The Morgan fingerprint density at radius 3 is 2.68 bits per heavy atom. The van der Waals surface area contributed by atoms with E-state index >= 15 is 0 Å². The lowest BCUT2D eigenvalue weighted by molar-refractivity contribution is 0.414. The van der Waals surface area contributed by atoms with Gasteiger partial charge >= 0.3 is 0 Å². The van der Waals surface area contributed by atoms with Crippen LogP contribution in [0.2, 0.25) is 0 Å². The maximum absolute atomic E-state index is 5.72. The summed E-state index contributed by atoms with van der Waals surface area (Å²) in [5.74, 6) is 1.62. The van der Waals surface area contributed by atoms with E-state index in [4.69, 9.17) is 10.5 Å². The molecule has 0 amide bonds. The molecule has 5 nitrogen and oxygen atoms in total. The highest BCUT2D eigenvalue weighted by molar-refractivity contribution is 5.46. The number of anilines is 1. The van der Waals surface area contributed by atoms with Crippen LogP contribution in [-0.4, -0.2) is 21.7 Å². The van der Waals surface area contributed by atoms with Gasteiger partial charge in [-0.25, -0.2) is 9.50 Å². The molecule has 96 valence electrons. The van der Waals surface area contributed by atoms with E-state index in [0.29, 0.717) is 12.1 Å². The minimum absolute atomic E-state index is 0.674. The van der Waals surface area contributed by atoms with Crippen molar-refractivity contribution in [2.75, 3.05) is 12.8 Å². The fraction of sp³-hybridized carbons (Fsp3) is 0.143. The number of benzene rings is 1. The molecular formula is C14H14N4O. The third-order valence-electron chi connectivity index (χ3n) is 2.92. The fourth-order valence-electron chi connectivity index (χ4n) is 1.95. The summed E-state index contributed by atoms with van der Waals surface area (Å²) in [7, 11) is 1.66. The molecule has 0 bridgehead atoms. The summed E-state index contributed by atoms with van der Waals surface area (Å²) < 4.78 is 6.83. The van der Waals surface area contributed by atoms with Crippen LogP contribution >= 0.6 is 0 Å². The van der Waals surface area contributed by atoms with Crippen molar-refractivity contribution < 1.29 is 4.74 Å². The minimum Gasteiger partial charge on any atom is -0.497 e. The van der Waals surface area contributed by atoms with E-state index in [1.54, 1.807) is 17.8 Å². The second-order valence-electron chi connectivity index (χ2n) is 4.32. The molecule has 0 atom stereocenters. The number of methoxy groups -OCH3 is 1. The molecule has 0 aliphatic heterocycles. The van der Waals surface area contributed by atoms with Gasteiger partial charge in [-0.05, 0) is 29.8 Å². The van der Waals surface area contributed by atoms with Gasteiger partial charge in [-0.15, -0.1) is 0 Å². The SMILES string of the molecule is COc1ccc(Cc2nc3ccc(N)cn3n2)cc1. The number of ether oxygens (including phenoxy) is 1. The monoisotopic (exact) mass is 254 g/mol. The van der Waals surface area contributed by atoms with Crippen molar-refractivity contribution in [2.24, 2.45) is 0 Å². The zero-order valence-electron chi connectivity index (χ0n) is 10.6. The Labute approximate surface area is 110 Å². The summed E-state index contributed by atoms with van der Waals surface area (Å²) in [6.45, 7) is 0. The lowest BCUT2D eigenvalue weighted by Crippen LogP contribution is -1.93. The number of fused-ring (bicyclic) bond motifs is 1. The van der Waals surface area contributed by atoms with E-state index in [-0.39, 0.29) is 0 Å². The molecule has 19 heavy (non-hydrogen) atoms. The Hall–Kier alpha value is -2.56. The van der Waals surface area contributed by atoms with Gasteiger partial charge in [0, 0.05) is 6.42 Å². The molecule has 0 spiro atoms. The molecule has 0 fully saturated rings. The van der Waals surface area contributed by atoms with Crippen molar-refractivity contribution in [3.8, 4) is 5.75 Å². The average Bonchev–Trinajstić information content (AvgIpc) is 2.81. The summed E-state index contributed by atoms with van der Waals surface area (Å²) in [4.78, 5) is 4.46. The summed E-state index contributed by atoms with van der Waals surface area (Å²) in [5.41, 5.74) is 8.34. The van der Waals surface area contributed by atoms with Gasteiger partial charge in [0.25, 0.3) is 0 Å². The number of hydrogen-bond donors (Lipinski definition) is 1. The first kappa shape index (κ1) is 11.5. The normalized spacial score (nSPS) is 10.8. The highest BCUT2D eigenvalue weighted by Gasteiger charge is 2.05. The smallest absolute Gasteiger partial charge is 0.156 e. The van der Waals surface area contributed by atoms with Gasteiger partial charge in [-0.3, -0.25) is 0 Å². The highest BCUT2D eigenvalue weighted by Crippen LogP contribution is 2.14. The third-order valence-corrected chi connectivity index (χ3v) is 2.92. The molecule has 0 aliphatic rings. The number of hydrogen-bond acceptors (Lipinski definition) is 4. The molecule has 0 saturated carbocycles. The van der Waals surface area contributed by atoms with Crippen LogP contribution in [0.15, 0.2) is 42.6 Å². The molecule has 0 unspecified atom stereocenters. The van der Waals surface area contributed by atoms with Crippen LogP contribution in [0.3, 0.4) is 0 Å². The van der Waals surface area contributed by atoms with Crippen molar-refractivity contribution in [2.45, 2.75) is 6.42 Å². The molecule has 2 heterocycles. The van der Waals surface area contributed by atoms with Crippen molar-refractivity contribution in [3.63, 3.8) is 0 Å². The topological polar surface area (TPSA) is 65.4 Å². The molecule has 2 aromatic heterocycles. The average molecular weight is 254 g/mol. The minimum atomic E-state index is 0.674. The summed E-state index contributed by atoms with van der Waals surface area (Å²) in [5, 5.41) is 4.41. The van der Waals surface area contributed by atoms with Gasteiger partial charge in [0.05, 0.1) is 19.0 Å². The third kappa shape index (κ3) is 2.35. The van der Waals surface area contributed by atoms with Gasteiger partial charge in [0.2, 0.25) is 0 Å². The molecule has 0 saturated heterocycles. The number of nitrogen functional groups attached to an aromatic ring is 1. The number of nitrogens with zero attached hydrogens (tertiary/aromatic N) is 3. The maximum atomic E-state index is 5.72. The van der Waals surface area contributed by atoms with Crippen LogP contribution in [0, 0.1) is 0 Å². The maximum Gasteiger partial charge on any atom is 0.156 e. The summed E-state index contributed by atoms with van der Waals surface area (Å²) in [6, 6.07) is 11.6. The van der Waals surface area contributed by atoms with Crippen LogP contribution in [0.25, 0.3) is 5.65 Å². The Bertz CT molecular complexity index is 703. The van der Waals surface area contributed by atoms with E-state index in [1.165, 1.54) is 0 Å². The lowest BCUT2D eigenvalue weighted by atomic mass is 10.1. The Kier molecular flexibility index (Phi) is 2.79. The molecule has 2 N–H and O–H groups in total. The van der Waals surface area contributed by atoms with E-state index in [2.05, 4.69) is 10.1 Å². The standard InChI is InChI=1S/C14H14N4O/c1-19-12-5-2-10(3-6-12)8-13-16-14-7-4-11(15)9-18(14)17-13/h2-7,9H,8,15H2,1H3. The Morgan fingerprint density at radius 1 is 1.16 bits per heavy atom. The van der Waals surface area contributed by atoms with E-state index in [0.717, 1.165) is 22.8 Å². The van der Waals surface area contributed by atoms with Gasteiger partial charge in [-0.2, -0.15) is 5.10 Å². The predicted molar refractivity (Wildman–Crippen MR) is 73.2 cm³/mol. The first-order valence-electron chi connectivity index (χ1n) is 5.98. The Morgan fingerprint density at radius 2 is 1.95 bits per heavy atom. The van der Waals surface area contributed by atoms with Gasteiger partial charge < -0.3 is 10.5 Å². The number of pyridine rings is 1. The summed E-state index contributed by atoms with van der Waals surface area (Å²) in [6.07, 6.45) is 2.45. The van der Waals surface area contributed by atoms with Gasteiger partial charge in [0.1, 0.15) is 5.75 Å². The number of aromatic nitrogens is 3. The van der Waals surface area contributed by atoms with Crippen LogP contribution in [-0.2, 0) is 6.42 Å². The molecule has 3 rings (SSSR count). The molecule has 1 aromatic carbocycles. The quantitative estimate of drug-likeness (QED) is 0.775. The Balaban J connectivity index is 1.87. The predicted octanol–water partition coefficient (Wildman–Crippen LogP) is 1.91. The fourth-order valence-corrected chi connectivity index (χ4v) is 1.95. The largest absolute Gasteiger partial charge is 0.497 e. The van der Waals surface area contributed by atoms with Crippen LogP contribution in [0.4, 0.5) is 5.69 Å². The first-order chi connectivity index (χ1) is 9.24. The summed E-state index contributed by atoms with van der Waals surface area (Å²) >= 11 is 0. The molecule has 0 aliphatic carbocycles. The van der Waals surface area contributed by atoms with Crippen LogP contribution < -0.4 is 10.5 Å². The van der Waals surface area contributed by atoms with Crippen molar-refractivity contribution >= 4 is 11.3 Å². The molecule has 3 aromatic rings. The van der Waals surface area contributed by atoms with E-state index < -0.39 is 0 Å². The van der Waals surface area contributed by atoms with Crippen molar-refractivity contribution in [3.05, 3.63) is 54.0 Å². The highest BCUT2D eigenvalue weighted by atomic mass is 16.5. The van der Waals surface area contributed by atoms with Gasteiger partial charge in [-0.1, -0.05) is 12.1 Å². The van der Waals surface area contributed by atoms with E-state index in [9.17, 15) is 0 Å². The zero-order chi connectivity index (χ0) is 13.2. The van der Waals surface area contributed by atoms with Crippen molar-refractivity contribution in [1.82, 2.24) is 14.6 Å². The first-order valence-corrected chi connectivity index (χ1v) is 5.98.